The molecule has 8 aromatic rings. The monoisotopic (exact) mass is 674 g/mol. The van der Waals surface area contributed by atoms with Crippen molar-refractivity contribution in [3.8, 4) is 0 Å². The highest BCUT2D eigenvalue weighted by molar-refractivity contribution is 5.93. The minimum Gasteiger partial charge on any atom is -0.478 e. The molecule has 0 amide bonds. The van der Waals surface area contributed by atoms with Crippen LogP contribution >= 0.6 is 0 Å². The Morgan fingerprint density at radius 3 is 1.70 bits per heavy atom. The number of aryl methyl sites for hydroxylation is 5. The van der Waals surface area contributed by atoms with Crippen LogP contribution in [0.2, 0.25) is 0 Å². The number of carboxylic acid groups (broad SMARTS) is 3. The molecule has 0 bridgehead atoms. The number of benzene rings is 4. The molecule has 4 aromatic heterocycles. The molecule has 8 rings (SSSR count). The smallest absolute Gasteiger partial charge is 0.371 e. The van der Waals surface area contributed by atoms with Crippen molar-refractivity contribution in [3.05, 3.63) is 142 Å². The van der Waals surface area contributed by atoms with Crippen molar-refractivity contribution in [2.24, 2.45) is 0 Å². The Labute approximate surface area is 285 Å². The SMILES string of the molecule is Cc1cc2ccc(C(=O)O)cc2o1.Cc1ccc2c(C)coc2c1.Cc1ccc2cc(C(=O)O)oc2c1.Cc1ccc2oc(C(=O)O)cc2c1. The van der Waals surface area contributed by atoms with E-state index in [0.29, 0.717) is 16.7 Å². The molecule has 254 valence electrons. The molecule has 0 unspecified atom stereocenters. The van der Waals surface area contributed by atoms with E-state index in [-0.39, 0.29) is 17.1 Å². The predicted octanol–water partition coefficient (Wildman–Crippen LogP) is 10.4. The number of carboxylic acids is 3. The van der Waals surface area contributed by atoms with E-state index in [1.165, 1.54) is 34.7 Å². The first-order chi connectivity index (χ1) is 23.8. The van der Waals surface area contributed by atoms with Crippen LogP contribution in [0, 0.1) is 34.6 Å². The number of rotatable bonds is 3. The second kappa shape index (κ2) is 14.7. The zero-order valence-corrected chi connectivity index (χ0v) is 27.9. The Bertz CT molecular complexity index is 2380. The van der Waals surface area contributed by atoms with E-state index in [1.807, 2.05) is 57.2 Å². The van der Waals surface area contributed by atoms with Crippen molar-refractivity contribution in [1.82, 2.24) is 0 Å². The molecular weight excluding hydrogens is 640 g/mol. The van der Waals surface area contributed by atoms with Gasteiger partial charge in [-0.3, -0.25) is 0 Å². The maximum absolute atomic E-state index is 10.6. The van der Waals surface area contributed by atoms with Gasteiger partial charge in [-0.05, 0) is 106 Å². The van der Waals surface area contributed by atoms with Crippen LogP contribution in [0.25, 0.3) is 43.9 Å². The number of aromatic carboxylic acids is 3. The third-order valence-electron chi connectivity index (χ3n) is 7.58. The normalized spacial score (nSPS) is 10.6. The summed E-state index contributed by atoms with van der Waals surface area (Å²) < 4.78 is 20.8. The van der Waals surface area contributed by atoms with Gasteiger partial charge in [0.2, 0.25) is 11.5 Å². The standard InChI is InChI=1S/3C10H8O3.C10H10O/c1-6-4-7-2-3-8(10(11)12)5-9(7)13-6;1-6-2-3-8-7(4-6)5-9(13-8)10(11)12;1-6-2-3-7-5-9(10(11)12)13-8(7)4-6;1-7-3-4-9-8(2)6-11-10(9)5-7/h3*2-5H,1H3,(H,11,12);3-6H,1-2H3. The average molecular weight is 675 g/mol. The molecule has 0 aliphatic rings. The highest BCUT2D eigenvalue weighted by Gasteiger charge is 2.11. The third-order valence-corrected chi connectivity index (χ3v) is 7.58. The van der Waals surface area contributed by atoms with Gasteiger partial charge < -0.3 is 33.0 Å². The van der Waals surface area contributed by atoms with Crippen LogP contribution in [0.15, 0.2) is 115 Å². The van der Waals surface area contributed by atoms with E-state index in [9.17, 15) is 14.4 Å². The zero-order valence-electron chi connectivity index (χ0n) is 27.9. The molecule has 0 radical (unpaired) electrons. The molecule has 10 heteroatoms. The molecule has 0 saturated carbocycles. The largest absolute Gasteiger partial charge is 0.478 e. The summed E-state index contributed by atoms with van der Waals surface area (Å²) in [4.78, 5) is 31.7. The molecule has 0 atom stereocenters. The van der Waals surface area contributed by atoms with Crippen molar-refractivity contribution < 1.29 is 47.4 Å². The summed E-state index contributed by atoms with van der Waals surface area (Å²) in [7, 11) is 0. The minimum atomic E-state index is -1.03. The summed E-state index contributed by atoms with van der Waals surface area (Å²) in [6, 6.07) is 27.2. The molecule has 0 saturated heterocycles. The summed E-state index contributed by atoms with van der Waals surface area (Å²) in [6.45, 7) is 9.84. The van der Waals surface area contributed by atoms with Crippen LogP contribution in [0.4, 0.5) is 0 Å². The van der Waals surface area contributed by atoms with Crippen LogP contribution < -0.4 is 0 Å². The lowest BCUT2D eigenvalue weighted by molar-refractivity contribution is 0.0655. The van der Waals surface area contributed by atoms with E-state index in [0.717, 1.165) is 38.6 Å². The molecule has 0 spiro atoms. The van der Waals surface area contributed by atoms with Gasteiger partial charge in [-0.2, -0.15) is 0 Å². The predicted molar refractivity (Wildman–Crippen MR) is 189 cm³/mol. The van der Waals surface area contributed by atoms with Gasteiger partial charge in [0, 0.05) is 21.5 Å². The highest BCUT2D eigenvalue weighted by atomic mass is 16.4. The van der Waals surface area contributed by atoms with Crippen LogP contribution in [0.3, 0.4) is 0 Å². The van der Waals surface area contributed by atoms with Gasteiger partial charge in [0.25, 0.3) is 0 Å². The Morgan fingerprint density at radius 2 is 1.02 bits per heavy atom. The quantitative estimate of drug-likeness (QED) is 0.164. The molecule has 0 aliphatic carbocycles. The van der Waals surface area contributed by atoms with Crippen LogP contribution in [-0.4, -0.2) is 33.2 Å². The molecule has 4 heterocycles. The van der Waals surface area contributed by atoms with Gasteiger partial charge in [-0.25, -0.2) is 14.4 Å². The second-order valence-electron chi connectivity index (χ2n) is 11.7. The average Bonchev–Trinajstić information content (AvgIpc) is 3.85. The summed E-state index contributed by atoms with van der Waals surface area (Å²) in [5.74, 6) is -2.24. The van der Waals surface area contributed by atoms with E-state index in [1.54, 1.807) is 24.5 Å². The molecule has 0 fully saturated rings. The minimum absolute atomic E-state index is 0.0133. The first-order valence-electron chi connectivity index (χ1n) is 15.4. The molecule has 10 nitrogen and oxygen atoms in total. The topological polar surface area (TPSA) is 164 Å². The van der Waals surface area contributed by atoms with Gasteiger partial charge in [-0.15, -0.1) is 0 Å². The number of furan rings is 4. The molecular formula is C40H34O10. The number of carbonyl (C=O) groups is 3. The van der Waals surface area contributed by atoms with Crippen molar-refractivity contribution >= 4 is 61.8 Å². The van der Waals surface area contributed by atoms with E-state index in [4.69, 9.17) is 33.0 Å². The van der Waals surface area contributed by atoms with Crippen molar-refractivity contribution in [1.29, 1.82) is 0 Å². The van der Waals surface area contributed by atoms with Crippen molar-refractivity contribution in [2.45, 2.75) is 34.6 Å². The maximum Gasteiger partial charge on any atom is 0.371 e. The molecule has 50 heavy (non-hydrogen) atoms. The summed E-state index contributed by atoms with van der Waals surface area (Å²) in [5.41, 5.74) is 7.69. The number of hydrogen-bond donors (Lipinski definition) is 3. The van der Waals surface area contributed by atoms with Crippen LogP contribution in [0.5, 0.6) is 0 Å². The van der Waals surface area contributed by atoms with Gasteiger partial charge >= 0.3 is 17.9 Å². The van der Waals surface area contributed by atoms with Crippen LogP contribution in [-0.2, 0) is 0 Å². The molecule has 3 N–H and O–H groups in total. The maximum atomic E-state index is 10.6. The third kappa shape index (κ3) is 8.29. The highest BCUT2D eigenvalue weighted by Crippen LogP contribution is 2.23. The van der Waals surface area contributed by atoms with E-state index < -0.39 is 17.9 Å². The Morgan fingerprint density at radius 1 is 0.480 bits per heavy atom. The summed E-state index contributed by atoms with van der Waals surface area (Å²) in [5, 5.41) is 29.8. The lowest BCUT2D eigenvalue weighted by Crippen LogP contribution is -1.94. The first-order valence-corrected chi connectivity index (χ1v) is 15.4. The lowest BCUT2D eigenvalue weighted by atomic mass is 10.1. The van der Waals surface area contributed by atoms with E-state index >= 15 is 0 Å². The Hall–Kier alpha value is -6.55. The van der Waals surface area contributed by atoms with E-state index in [2.05, 4.69) is 32.0 Å². The fraction of sp³-hybridized carbons (Fsp3) is 0.125. The fourth-order valence-electron chi connectivity index (χ4n) is 5.08. The molecule has 0 aliphatic heterocycles. The Balaban J connectivity index is 0.000000130. The van der Waals surface area contributed by atoms with Crippen molar-refractivity contribution in [2.75, 3.05) is 0 Å². The van der Waals surface area contributed by atoms with Gasteiger partial charge in [-0.1, -0.05) is 42.0 Å². The number of hydrogen-bond acceptors (Lipinski definition) is 7. The zero-order chi connectivity index (χ0) is 36.1. The fourth-order valence-corrected chi connectivity index (χ4v) is 5.08. The van der Waals surface area contributed by atoms with Gasteiger partial charge in [0.1, 0.15) is 28.1 Å². The Kier molecular flexibility index (Phi) is 10.2. The molecule has 4 aromatic carbocycles. The first kappa shape index (κ1) is 34.8. The van der Waals surface area contributed by atoms with Gasteiger partial charge in [0.05, 0.1) is 11.8 Å². The van der Waals surface area contributed by atoms with Gasteiger partial charge in [0.15, 0.2) is 0 Å². The van der Waals surface area contributed by atoms with Crippen LogP contribution in [0.1, 0.15) is 59.5 Å². The summed E-state index contributed by atoms with van der Waals surface area (Å²) in [6.07, 6.45) is 1.80. The number of fused-ring (bicyclic) bond motifs is 4. The summed E-state index contributed by atoms with van der Waals surface area (Å²) >= 11 is 0. The second-order valence-corrected chi connectivity index (χ2v) is 11.7. The lowest BCUT2D eigenvalue weighted by Gasteiger charge is -1.92. The van der Waals surface area contributed by atoms with Crippen molar-refractivity contribution in [3.63, 3.8) is 0 Å².